The molecule has 27 heavy (non-hydrogen) atoms. The van der Waals surface area contributed by atoms with Crippen LogP contribution in [-0.2, 0) is 0 Å². The second-order valence-electron chi connectivity index (χ2n) is 6.70. The molecule has 0 radical (unpaired) electrons. The molecule has 2 aromatic heterocycles. The molecule has 4 aromatic rings. The van der Waals surface area contributed by atoms with E-state index in [-0.39, 0.29) is 0 Å². The third-order valence-corrected chi connectivity index (χ3v) is 5.30. The van der Waals surface area contributed by atoms with Crippen molar-refractivity contribution in [2.24, 2.45) is 0 Å². The predicted molar refractivity (Wildman–Crippen MR) is 117 cm³/mol. The fourth-order valence-corrected chi connectivity index (χ4v) is 3.81. The van der Waals surface area contributed by atoms with Gasteiger partial charge >= 0.3 is 0 Å². The second kappa shape index (κ2) is 7.37. The number of H-pyrrole nitrogens is 1. The molecular formula is C22H22N4S. The number of fused-ring (bicyclic) bond motifs is 1. The summed E-state index contributed by atoms with van der Waals surface area (Å²) >= 11 is 1.61. The van der Waals surface area contributed by atoms with Gasteiger partial charge in [-0.05, 0) is 54.8 Å². The van der Waals surface area contributed by atoms with E-state index >= 15 is 0 Å². The van der Waals surface area contributed by atoms with Crippen molar-refractivity contribution in [3.63, 3.8) is 0 Å². The minimum absolute atomic E-state index is 0.899. The number of nitrogens with zero attached hydrogens (tertiary/aromatic N) is 2. The topological polar surface area (TPSA) is 44.0 Å². The van der Waals surface area contributed by atoms with Crippen LogP contribution in [0.1, 0.15) is 5.69 Å². The number of aromatic nitrogens is 2. The van der Waals surface area contributed by atoms with Gasteiger partial charge in [0.05, 0.1) is 11.1 Å². The first-order chi connectivity index (χ1) is 13.1. The van der Waals surface area contributed by atoms with E-state index < -0.39 is 0 Å². The first-order valence-electron chi connectivity index (χ1n) is 8.86. The lowest BCUT2D eigenvalue weighted by molar-refractivity contribution is 1.13. The van der Waals surface area contributed by atoms with Gasteiger partial charge in [0.2, 0.25) is 0 Å². The first kappa shape index (κ1) is 17.5. The van der Waals surface area contributed by atoms with Crippen molar-refractivity contribution in [2.45, 2.75) is 11.8 Å². The standard InChI is InChI=1S/C22H22N4S/c1-15-12-20(25-27-18-10-5-4-6-11-18)21-19(14-23-22(21)24-15)16-8-7-9-17(13-16)26(2)3/h4-14H,1-3H3,(H2,23,24,25). The number of pyridine rings is 1. The Morgan fingerprint density at radius 2 is 1.81 bits per heavy atom. The molecule has 0 aliphatic carbocycles. The number of nitrogens with one attached hydrogen (secondary N) is 2. The van der Waals surface area contributed by atoms with E-state index in [0.717, 1.165) is 28.0 Å². The number of aromatic amines is 1. The molecule has 2 aromatic carbocycles. The van der Waals surface area contributed by atoms with Crippen LogP contribution < -0.4 is 9.62 Å². The van der Waals surface area contributed by atoms with Gasteiger partial charge in [0.15, 0.2) is 0 Å². The highest BCUT2D eigenvalue weighted by molar-refractivity contribution is 8.00. The van der Waals surface area contributed by atoms with Gasteiger partial charge in [-0.15, -0.1) is 0 Å². The maximum atomic E-state index is 4.68. The number of anilines is 2. The normalized spacial score (nSPS) is 10.9. The molecule has 4 rings (SSSR count). The second-order valence-corrected chi connectivity index (χ2v) is 7.58. The number of hydrogen-bond acceptors (Lipinski definition) is 4. The van der Waals surface area contributed by atoms with E-state index in [1.165, 1.54) is 16.1 Å². The Kier molecular flexibility index (Phi) is 4.77. The Bertz CT molecular complexity index is 1070. The van der Waals surface area contributed by atoms with Crippen molar-refractivity contribution in [1.82, 2.24) is 9.97 Å². The number of rotatable bonds is 5. The molecule has 2 N–H and O–H groups in total. The van der Waals surface area contributed by atoms with Crippen LogP contribution in [0.3, 0.4) is 0 Å². The molecule has 0 bridgehead atoms. The van der Waals surface area contributed by atoms with Crippen LogP contribution >= 0.6 is 11.9 Å². The van der Waals surface area contributed by atoms with Crippen LogP contribution in [0.15, 0.2) is 71.8 Å². The minimum Gasteiger partial charge on any atom is -0.378 e. The number of aryl methyl sites for hydroxylation is 1. The van der Waals surface area contributed by atoms with Crippen LogP contribution in [0.4, 0.5) is 11.4 Å². The minimum atomic E-state index is 0.899. The molecule has 0 spiro atoms. The van der Waals surface area contributed by atoms with Gasteiger partial charge in [0.1, 0.15) is 5.65 Å². The van der Waals surface area contributed by atoms with Crippen LogP contribution in [0.2, 0.25) is 0 Å². The molecule has 4 nitrogen and oxygen atoms in total. The smallest absolute Gasteiger partial charge is 0.140 e. The van der Waals surface area contributed by atoms with Crippen LogP contribution in [0.25, 0.3) is 22.2 Å². The molecule has 0 saturated heterocycles. The lowest BCUT2D eigenvalue weighted by Crippen LogP contribution is -2.08. The fraction of sp³-hybridized carbons (Fsp3) is 0.136. The van der Waals surface area contributed by atoms with Crippen molar-refractivity contribution in [1.29, 1.82) is 0 Å². The highest BCUT2D eigenvalue weighted by Crippen LogP contribution is 2.36. The van der Waals surface area contributed by atoms with Crippen LogP contribution in [0, 0.1) is 6.92 Å². The van der Waals surface area contributed by atoms with Gasteiger partial charge in [0, 0.05) is 42.1 Å². The molecule has 0 unspecified atom stereocenters. The Morgan fingerprint density at radius 3 is 2.59 bits per heavy atom. The third kappa shape index (κ3) is 3.64. The highest BCUT2D eigenvalue weighted by Gasteiger charge is 2.13. The lowest BCUT2D eigenvalue weighted by Gasteiger charge is -2.14. The van der Waals surface area contributed by atoms with E-state index in [4.69, 9.17) is 0 Å². The summed E-state index contributed by atoms with van der Waals surface area (Å²) in [6.07, 6.45) is 2.05. The average Bonchev–Trinajstić information content (AvgIpc) is 3.11. The zero-order valence-corrected chi connectivity index (χ0v) is 16.5. The Morgan fingerprint density at radius 1 is 1.00 bits per heavy atom. The summed E-state index contributed by atoms with van der Waals surface area (Å²) in [4.78, 5) is 11.3. The molecule has 0 amide bonds. The molecular weight excluding hydrogens is 352 g/mol. The Hall–Kier alpha value is -2.92. The quantitative estimate of drug-likeness (QED) is 0.438. The Labute approximate surface area is 163 Å². The van der Waals surface area contributed by atoms with Gasteiger partial charge in [0.25, 0.3) is 0 Å². The predicted octanol–water partition coefficient (Wildman–Crippen LogP) is 5.72. The van der Waals surface area contributed by atoms with E-state index in [1.807, 2.05) is 31.3 Å². The molecule has 0 saturated carbocycles. The van der Waals surface area contributed by atoms with Crippen molar-refractivity contribution < 1.29 is 0 Å². The largest absolute Gasteiger partial charge is 0.378 e. The molecule has 5 heteroatoms. The monoisotopic (exact) mass is 374 g/mol. The van der Waals surface area contributed by atoms with Crippen LogP contribution in [-0.4, -0.2) is 24.1 Å². The van der Waals surface area contributed by atoms with Gasteiger partial charge in [-0.2, -0.15) is 0 Å². The van der Waals surface area contributed by atoms with E-state index in [0.29, 0.717) is 0 Å². The lowest BCUT2D eigenvalue weighted by atomic mass is 10.0. The van der Waals surface area contributed by atoms with Crippen molar-refractivity contribution in [3.05, 3.63) is 72.6 Å². The number of benzene rings is 2. The van der Waals surface area contributed by atoms with E-state index in [9.17, 15) is 0 Å². The number of hydrogen-bond donors (Lipinski definition) is 2. The maximum absolute atomic E-state index is 4.68. The Balaban J connectivity index is 1.77. The van der Waals surface area contributed by atoms with E-state index in [1.54, 1.807) is 11.9 Å². The highest BCUT2D eigenvalue weighted by atomic mass is 32.2. The molecule has 0 aliphatic rings. The van der Waals surface area contributed by atoms with Crippen molar-refractivity contribution in [3.8, 4) is 11.1 Å². The zero-order valence-electron chi connectivity index (χ0n) is 15.7. The van der Waals surface area contributed by atoms with Gasteiger partial charge < -0.3 is 14.6 Å². The summed E-state index contributed by atoms with van der Waals surface area (Å²) in [5.74, 6) is 0. The SMILES string of the molecule is Cc1cc(NSc2ccccc2)c2c(-c3cccc(N(C)C)c3)c[nH]c2n1. The summed E-state index contributed by atoms with van der Waals surface area (Å²) in [6, 6.07) is 21.0. The summed E-state index contributed by atoms with van der Waals surface area (Å²) in [7, 11) is 4.12. The van der Waals surface area contributed by atoms with Crippen LogP contribution in [0.5, 0.6) is 0 Å². The molecule has 0 fully saturated rings. The van der Waals surface area contributed by atoms with E-state index in [2.05, 4.69) is 76.1 Å². The summed E-state index contributed by atoms with van der Waals surface area (Å²) in [5.41, 5.74) is 6.45. The average molecular weight is 375 g/mol. The maximum Gasteiger partial charge on any atom is 0.140 e. The fourth-order valence-electron chi connectivity index (χ4n) is 3.13. The first-order valence-corrected chi connectivity index (χ1v) is 9.68. The summed E-state index contributed by atoms with van der Waals surface area (Å²) in [6.45, 7) is 2.02. The van der Waals surface area contributed by atoms with Gasteiger partial charge in [-0.25, -0.2) is 4.98 Å². The summed E-state index contributed by atoms with van der Waals surface area (Å²) in [5, 5.41) is 1.11. The molecule has 2 heterocycles. The van der Waals surface area contributed by atoms with Crippen molar-refractivity contribution in [2.75, 3.05) is 23.7 Å². The zero-order chi connectivity index (χ0) is 18.8. The summed E-state index contributed by atoms with van der Waals surface area (Å²) < 4.78 is 3.52. The van der Waals surface area contributed by atoms with Gasteiger partial charge in [-0.1, -0.05) is 30.3 Å². The van der Waals surface area contributed by atoms with Crippen molar-refractivity contribution >= 4 is 34.4 Å². The third-order valence-electron chi connectivity index (χ3n) is 4.47. The molecule has 0 aliphatic heterocycles. The molecule has 0 atom stereocenters. The molecule has 136 valence electrons. The van der Waals surface area contributed by atoms with Gasteiger partial charge in [-0.3, -0.25) is 0 Å².